The second kappa shape index (κ2) is 4.66. The van der Waals surface area contributed by atoms with Gasteiger partial charge in [0.05, 0.1) is 11.3 Å². The predicted molar refractivity (Wildman–Crippen MR) is 62.9 cm³/mol. The molecule has 6 heteroatoms. The molecule has 1 amide bonds. The Labute approximate surface area is 104 Å². The van der Waals surface area contributed by atoms with Crippen molar-refractivity contribution in [3.8, 4) is 5.75 Å². The molecule has 1 aromatic carbocycles. The Kier molecular flexibility index (Phi) is 3.20. The average molecular weight is 251 g/mol. The van der Waals surface area contributed by atoms with Crippen LogP contribution in [0.15, 0.2) is 18.2 Å². The third-order valence-electron chi connectivity index (χ3n) is 2.67. The maximum atomic E-state index is 11.9. The van der Waals surface area contributed by atoms with Crippen LogP contribution in [0.1, 0.15) is 17.3 Å². The number of carboxylic acids is 1. The molecule has 0 bridgehead atoms. The van der Waals surface area contributed by atoms with Gasteiger partial charge in [0.25, 0.3) is 5.91 Å². The maximum Gasteiger partial charge on any atom is 0.335 e. The molecule has 1 aliphatic rings. The Morgan fingerprint density at radius 2 is 2.28 bits per heavy atom. The van der Waals surface area contributed by atoms with Crippen LogP contribution < -0.4 is 9.64 Å². The molecule has 96 valence electrons. The molecule has 1 aliphatic heterocycles. The molecule has 0 aliphatic carbocycles. The number of benzene rings is 1. The Bertz CT molecular complexity index is 499. The van der Waals surface area contributed by atoms with Gasteiger partial charge in [-0.2, -0.15) is 0 Å². The molecule has 1 N–H and O–H groups in total. The number of fused-ring (bicyclic) bond motifs is 1. The molecule has 0 aromatic heterocycles. The summed E-state index contributed by atoms with van der Waals surface area (Å²) in [5.41, 5.74) is 0.514. The first-order chi connectivity index (χ1) is 8.54. The normalized spacial score (nSPS) is 18.2. The highest BCUT2D eigenvalue weighted by molar-refractivity contribution is 6.01. The quantitative estimate of drug-likeness (QED) is 0.870. The zero-order valence-electron chi connectivity index (χ0n) is 10.0. The number of carboxylic acid groups (broad SMARTS) is 1. The van der Waals surface area contributed by atoms with E-state index in [0.717, 1.165) is 0 Å². The fraction of sp³-hybridized carbons (Fsp3) is 0.333. The topological polar surface area (TPSA) is 76.1 Å². The third kappa shape index (κ3) is 2.02. The molecule has 0 radical (unpaired) electrons. The van der Waals surface area contributed by atoms with Crippen LogP contribution >= 0.6 is 0 Å². The van der Waals surface area contributed by atoms with Crippen LogP contribution in [0.5, 0.6) is 5.75 Å². The fourth-order valence-electron chi connectivity index (χ4n) is 1.80. The first kappa shape index (κ1) is 12.4. The van der Waals surface area contributed by atoms with E-state index >= 15 is 0 Å². The van der Waals surface area contributed by atoms with Crippen molar-refractivity contribution in [3.63, 3.8) is 0 Å². The minimum atomic E-state index is -1.05. The second-order valence-electron chi connectivity index (χ2n) is 3.93. The molecule has 6 nitrogen and oxygen atoms in total. The van der Waals surface area contributed by atoms with Gasteiger partial charge in [-0.05, 0) is 25.1 Å². The first-order valence-electron chi connectivity index (χ1n) is 5.39. The number of amides is 1. The third-order valence-corrected chi connectivity index (χ3v) is 2.67. The summed E-state index contributed by atoms with van der Waals surface area (Å²) < 4.78 is 10.4. The standard InChI is InChI=1S/C12H13NO5/c1-7-11(14)13(6-17-2)9-5-8(12(15)16)3-4-10(9)18-7/h3-5,7H,6H2,1-2H3,(H,15,16). The monoisotopic (exact) mass is 251 g/mol. The average Bonchev–Trinajstić information content (AvgIpc) is 2.34. The summed E-state index contributed by atoms with van der Waals surface area (Å²) in [4.78, 5) is 24.2. The second-order valence-corrected chi connectivity index (χ2v) is 3.93. The number of aromatic carboxylic acids is 1. The Morgan fingerprint density at radius 1 is 1.56 bits per heavy atom. The Morgan fingerprint density at radius 3 is 2.89 bits per heavy atom. The number of hydrogen-bond donors (Lipinski definition) is 1. The zero-order chi connectivity index (χ0) is 13.3. The Hall–Kier alpha value is -2.08. The number of hydrogen-bond acceptors (Lipinski definition) is 4. The summed E-state index contributed by atoms with van der Waals surface area (Å²) in [5, 5.41) is 8.94. The van der Waals surface area contributed by atoms with Gasteiger partial charge >= 0.3 is 5.97 Å². The van der Waals surface area contributed by atoms with Crippen molar-refractivity contribution in [1.82, 2.24) is 0 Å². The molecule has 18 heavy (non-hydrogen) atoms. The molecule has 1 heterocycles. The number of anilines is 1. The molecule has 0 spiro atoms. The summed E-state index contributed by atoms with van der Waals surface area (Å²) in [6.45, 7) is 1.70. The number of rotatable bonds is 3. The summed E-state index contributed by atoms with van der Waals surface area (Å²) >= 11 is 0. The number of methoxy groups -OCH3 is 1. The lowest BCUT2D eigenvalue weighted by Gasteiger charge is -2.32. The van der Waals surface area contributed by atoms with Gasteiger partial charge in [-0.25, -0.2) is 4.79 Å². The van der Waals surface area contributed by atoms with E-state index in [1.807, 2.05) is 0 Å². The number of carbonyl (C=O) groups excluding carboxylic acids is 1. The van der Waals surface area contributed by atoms with Gasteiger partial charge in [0.2, 0.25) is 0 Å². The van der Waals surface area contributed by atoms with Crippen molar-refractivity contribution < 1.29 is 24.2 Å². The minimum Gasteiger partial charge on any atom is -0.479 e. The van der Waals surface area contributed by atoms with Crippen LogP contribution in [0.2, 0.25) is 0 Å². The highest BCUT2D eigenvalue weighted by atomic mass is 16.5. The van der Waals surface area contributed by atoms with Crippen LogP contribution in [0.25, 0.3) is 0 Å². The molecule has 1 aromatic rings. The SMILES string of the molecule is COCN1C(=O)C(C)Oc2ccc(C(=O)O)cc21. The van der Waals surface area contributed by atoms with Gasteiger partial charge < -0.3 is 14.6 Å². The lowest BCUT2D eigenvalue weighted by atomic mass is 10.1. The maximum absolute atomic E-state index is 11.9. The van der Waals surface area contributed by atoms with Gasteiger partial charge in [-0.3, -0.25) is 9.69 Å². The molecule has 0 saturated heterocycles. The smallest absolute Gasteiger partial charge is 0.335 e. The largest absolute Gasteiger partial charge is 0.479 e. The van der Waals surface area contributed by atoms with Gasteiger partial charge in [-0.15, -0.1) is 0 Å². The zero-order valence-corrected chi connectivity index (χ0v) is 10.0. The van der Waals surface area contributed by atoms with Gasteiger partial charge in [-0.1, -0.05) is 0 Å². The molecule has 0 saturated carbocycles. The van der Waals surface area contributed by atoms with Crippen LogP contribution in [-0.2, 0) is 9.53 Å². The first-order valence-corrected chi connectivity index (χ1v) is 5.39. The van der Waals surface area contributed by atoms with Gasteiger partial charge in [0.1, 0.15) is 12.5 Å². The lowest BCUT2D eigenvalue weighted by Crippen LogP contribution is -2.45. The summed E-state index contributed by atoms with van der Waals surface area (Å²) in [6, 6.07) is 4.39. The van der Waals surface area contributed by atoms with Gasteiger partial charge in [0.15, 0.2) is 6.10 Å². The van der Waals surface area contributed by atoms with E-state index in [1.165, 1.54) is 24.1 Å². The van der Waals surface area contributed by atoms with Crippen LogP contribution in [0, 0.1) is 0 Å². The Balaban J connectivity index is 2.48. The van der Waals surface area contributed by atoms with E-state index in [2.05, 4.69) is 0 Å². The number of nitrogens with zero attached hydrogens (tertiary/aromatic N) is 1. The van der Waals surface area contributed by atoms with E-state index in [9.17, 15) is 9.59 Å². The van der Waals surface area contributed by atoms with Crippen LogP contribution in [0.4, 0.5) is 5.69 Å². The number of ether oxygens (including phenoxy) is 2. The van der Waals surface area contributed by atoms with E-state index in [1.54, 1.807) is 13.0 Å². The van der Waals surface area contributed by atoms with Crippen molar-refractivity contribution in [3.05, 3.63) is 23.8 Å². The van der Waals surface area contributed by atoms with Crippen LogP contribution in [-0.4, -0.2) is 36.9 Å². The summed E-state index contributed by atoms with van der Waals surface area (Å²) in [6.07, 6.45) is -0.608. The van der Waals surface area contributed by atoms with E-state index < -0.39 is 12.1 Å². The van der Waals surface area contributed by atoms with E-state index in [0.29, 0.717) is 11.4 Å². The lowest BCUT2D eigenvalue weighted by molar-refractivity contribution is -0.126. The van der Waals surface area contributed by atoms with Crippen molar-refractivity contribution in [2.24, 2.45) is 0 Å². The predicted octanol–water partition coefficient (Wildman–Crippen LogP) is 1.10. The molecular formula is C12H13NO5. The summed E-state index contributed by atoms with van der Waals surface area (Å²) in [7, 11) is 1.47. The number of carbonyl (C=O) groups is 2. The minimum absolute atomic E-state index is 0.0581. The highest BCUT2D eigenvalue weighted by Gasteiger charge is 2.31. The highest BCUT2D eigenvalue weighted by Crippen LogP contribution is 2.34. The van der Waals surface area contributed by atoms with Crippen molar-refractivity contribution in [2.75, 3.05) is 18.7 Å². The van der Waals surface area contributed by atoms with Crippen LogP contribution in [0.3, 0.4) is 0 Å². The molecule has 1 atom stereocenters. The van der Waals surface area contributed by atoms with Crippen molar-refractivity contribution in [1.29, 1.82) is 0 Å². The molecule has 2 rings (SSSR count). The molecule has 1 unspecified atom stereocenters. The van der Waals surface area contributed by atoms with E-state index in [4.69, 9.17) is 14.6 Å². The molecule has 0 fully saturated rings. The van der Waals surface area contributed by atoms with Gasteiger partial charge in [0, 0.05) is 7.11 Å². The van der Waals surface area contributed by atoms with E-state index in [-0.39, 0.29) is 18.2 Å². The summed E-state index contributed by atoms with van der Waals surface area (Å²) in [5.74, 6) is -0.836. The van der Waals surface area contributed by atoms with Crippen molar-refractivity contribution >= 4 is 17.6 Å². The van der Waals surface area contributed by atoms with Crippen molar-refractivity contribution in [2.45, 2.75) is 13.0 Å². The fourth-order valence-corrected chi connectivity index (χ4v) is 1.80. The molecular weight excluding hydrogens is 238 g/mol.